The molecule has 0 unspecified atom stereocenters. The summed E-state index contributed by atoms with van der Waals surface area (Å²) in [5, 5.41) is 6.16. The molecule has 0 fully saturated rings. The van der Waals surface area contributed by atoms with Crippen LogP contribution in [0.25, 0.3) is 11.9 Å². The van der Waals surface area contributed by atoms with E-state index in [-0.39, 0.29) is 0 Å². The third-order valence-electron chi connectivity index (χ3n) is 4.92. The first-order valence-electron chi connectivity index (χ1n) is 8.75. The van der Waals surface area contributed by atoms with Crippen LogP contribution < -0.4 is 26.3 Å². The molecule has 2 N–H and O–H groups in total. The Balaban J connectivity index is 1.79. The Morgan fingerprint density at radius 1 is 1.00 bits per heavy atom. The normalized spacial score (nSPS) is 16.4. The zero-order valence-corrected chi connectivity index (χ0v) is 15.0. The van der Waals surface area contributed by atoms with Crippen LogP contribution in [0.5, 0.6) is 0 Å². The van der Waals surface area contributed by atoms with Gasteiger partial charge in [-0.2, -0.15) is 4.39 Å². The minimum absolute atomic E-state index is 0.489. The summed E-state index contributed by atoms with van der Waals surface area (Å²) in [6, 6.07) is 15.5. The lowest BCUT2D eigenvalue weighted by Crippen LogP contribution is -2.34. The minimum Gasteiger partial charge on any atom is -0.299 e. The third-order valence-corrected chi connectivity index (χ3v) is 4.92. The molecule has 0 atom stereocenters. The van der Waals surface area contributed by atoms with E-state index in [1.54, 1.807) is 12.3 Å². The van der Waals surface area contributed by atoms with Gasteiger partial charge in [-0.3, -0.25) is 20.9 Å². The second kappa shape index (κ2) is 5.74. The van der Waals surface area contributed by atoms with E-state index in [1.807, 2.05) is 23.1 Å². The van der Waals surface area contributed by atoms with Crippen LogP contribution in [0.3, 0.4) is 0 Å². The molecule has 6 heteroatoms. The van der Waals surface area contributed by atoms with Crippen LogP contribution >= 0.6 is 0 Å². The Kier molecular flexibility index (Phi) is 3.33. The molecule has 0 saturated heterocycles. The molecule has 5 rings (SSSR count). The number of para-hydroxylation sites is 1. The topological polar surface area (TPSA) is 43.4 Å². The Morgan fingerprint density at radius 2 is 1.85 bits per heavy atom. The predicted molar refractivity (Wildman–Crippen MR) is 105 cm³/mol. The molecule has 134 valence electrons. The van der Waals surface area contributed by atoms with Gasteiger partial charge in [0.15, 0.2) is 0 Å². The van der Waals surface area contributed by atoms with Crippen LogP contribution in [-0.4, -0.2) is 17.0 Å². The van der Waals surface area contributed by atoms with Gasteiger partial charge in [0.05, 0.1) is 29.0 Å². The fourth-order valence-corrected chi connectivity index (χ4v) is 3.72. The Morgan fingerprint density at radius 3 is 2.67 bits per heavy atom. The lowest BCUT2D eigenvalue weighted by molar-refractivity contribution is 0.583. The summed E-state index contributed by atoms with van der Waals surface area (Å²) in [5.74, 6) is -0.489. The molecule has 3 heterocycles. The van der Waals surface area contributed by atoms with Gasteiger partial charge in [-0.05, 0) is 30.7 Å². The maximum absolute atomic E-state index is 13.3. The van der Waals surface area contributed by atoms with Crippen molar-refractivity contribution in [2.75, 3.05) is 17.5 Å². The smallest absolute Gasteiger partial charge is 0.212 e. The number of anilines is 3. The molecular weight excluding hydrogens is 341 g/mol. The zero-order valence-electron chi connectivity index (χ0n) is 15.0. The number of fused-ring (bicyclic) bond motifs is 2. The van der Waals surface area contributed by atoms with Gasteiger partial charge in [-0.15, -0.1) is 0 Å². The number of nitrogens with one attached hydrogen (secondary N) is 2. The van der Waals surface area contributed by atoms with Crippen LogP contribution in [-0.2, 0) is 0 Å². The molecule has 2 aliphatic heterocycles. The van der Waals surface area contributed by atoms with Crippen molar-refractivity contribution in [1.82, 2.24) is 15.4 Å². The minimum atomic E-state index is -0.489. The molecule has 0 bridgehead atoms. The molecule has 0 amide bonds. The molecule has 5 nitrogen and oxygen atoms in total. The summed E-state index contributed by atoms with van der Waals surface area (Å²) in [6.07, 6.45) is 3.62. The van der Waals surface area contributed by atoms with Crippen molar-refractivity contribution >= 4 is 29.0 Å². The van der Waals surface area contributed by atoms with Gasteiger partial charge in [-0.25, -0.2) is 4.98 Å². The molecule has 27 heavy (non-hydrogen) atoms. The molecule has 0 saturated carbocycles. The fraction of sp³-hybridized carbons (Fsp3) is 0.0952. The standard InChI is InChI=1S/C21H18FN5/c1-13-5-3-7-16-20(15-6-4-8-18-17(15)12-26(2)24-18)25-27(21(13)16)14-9-10-19(22)23-11-14/h3-12,24-25H,1-2H3. The zero-order chi connectivity index (χ0) is 18.5. The van der Waals surface area contributed by atoms with Crippen LogP contribution in [0.4, 0.5) is 21.5 Å². The van der Waals surface area contributed by atoms with Crippen LogP contribution in [0.2, 0.25) is 0 Å². The van der Waals surface area contributed by atoms with E-state index in [2.05, 4.69) is 59.3 Å². The number of aromatic nitrogens is 1. The van der Waals surface area contributed by atoms with Crippen LogP contribution in [0.15, 0.2) is 54.7 Å². The van der Waals surface area contributed by atoms with E-state index in [0.717, 1.165) is 44.3 Å². The molecule has 0 radical (unpaired) electrons. The fourth-order valence-electron chi connectivity index (χ4n) is 3.72. The molecule has 0 aliphatic carbocycles. The first-order chi connectivity index (χ1) is 13.1. The van der Waals surface area contributed by atoms with Gasteiger partial charge in [0.1, 0.15) is 0 Å². The summed E-state index contributed by atoms with van der Waals surface area (Å²) in [6.45, 7) is 2.07. The second-order valence-electron chi connectivity index (χ2n) is 6.75. The lowest BCUT2D eigenvalue weighted by atomic mass is 10.0. The van der Waals surface area contributed by atoms with Crippen molar-refractivity contribution in [3.05, 3.63) is 82.2 Å². The van der Waals surface area contributed by atoms with Crippen molar-refractivity contribution in [2.24, 2.45) is 0 Å². The van der Waals surface area contributed by atoms with E-state index in [1.165, 1.54) is 6.07 Å². The lowest BCUT2D eigenvalue weighted by Gasteiger charge is -2.20. The van der Waals surface area contributed by atoms with Crippen molar-refractivity contribution in [2.45, 2.75) is 6.92 Å². The van der Waals surface area contributed by atoms with Crippen LogP contribution in [0, 0.1) is 12.9 Å². The average Bonchev–Trinajstić information content (AvgIpc) is 3.23. The quantitative estimate of drug-likeness (QED) is 0.653. The largest absolute Gasteiger partial charge is 0.299 e. The number of hydrazine groups is 2. The van der Waals surface area contributed by atoms with Gasteiger partial charge in [0.25, 0.3) is 0 Å². The number of benzene rings is 2. The number of halogens is 1. The second-order valence-corrected chi connectivity index (χ2v) is 6.75. The molecule has 0 spiro atoms. The van der Waals surface area contributed by atoms with Crippen molar-refractivity contribution in [3.63, 3.8) is 0 Å². The van der Waals surface area contributed by atoms with E-state index >= 15 is 0 Å². The summed E-state index contributed by atoms with van der Waals surface area (Å²) >= 11 is 0. The summed E-state index contributed by atoms with van der Waals surface area (Å²) in [5.41, 5.74) is 13.0. The highest BCUT2D eigenvalue weighted by atomic mass is 19.1. The molecular formula is C21H18FN5. The van der Waals surface area contributed by atoms with Gasteiger partial charge in [-0.1, -0.05) is 30.3 Å². The van der Waals surface area contributed by atoms with Crippen LogP contribution in [0.1, 0.15) is 11.1 Å². The van der Waals surface area contributed by atoms with Gasteiger partial charge >= 0.3 is 0 Å². The molecule has 2 aromatic carbocycles. The highest BCUT2D eigenvalue weighted by Crippen LogP contribution is 2.38. The number of rotatable bonds is 1. The first-order valence-corrected chi connectivity index (χ1v) is 8.75. The number of aryl methyl sites for hydroxylation is 1. The summed E-state index contributed by atoms with van der Waals surface area (Å²) in [7, 11) is 1.98. The number of hydrogen-bond donors (Lipinski definition) is 2. The van der Waals surface area contributed by atoms with Gasteiger partial charge in [0, 0.05) is 29.2 Å². The predicted octanol–water partition coefficient (Wildman–Crippen LogP) is 2.35. The summed E-state index contributed by atoms with van der Waals surface area (Å²) in [4.78, 5) is 3.81. The Labute approximate surface area is 156 Å². The Bertz CT molecular complexity index is 1170. The third kappa shape index (κ3) is 2.41. The highest BCUT2D eigenvalue weighted by molar-refractivity contribution is 5.88. The van der Waals surface area contributed by atoms with Gasteiger partial charge < -0.3 is 0 Å². The monoisotopic (exact) mass is 359 g/mol. The van der Waals surface area contributed by atoms with E-state index < -0.39 is 5.95 Å². The number of nitrogens with zero attached hydrogens (tertiary/aromatic N) is 3. The maximum Gasteiger partial charge on any atom is 0.212 e. The molecule has 2 aliphatic rings. The first kappa shape index (κ1) is 15.7. The number of hydrogen-bond acceptors (Lipinski definition) is 5. The Hall–Kier alpha value is -3.54. The molecule has 1 aromatic heterocycles. The van der Waals surface area contributed by atoms with E-state index in [4.69, 9.17) is 0 Å². The summed E-state index contributed by atoms with van der Waals surface area (Å²) < 4.78 is 13.3. The SMILES string of the molecule is Cc1cccc2c1N(c1ccc(F)nc1)NC2=c1cccc2c1=CN(C)N2. The van der Waals surface area contributed by atoms with Crippen molar-refractivity contribution in [3.8, 4) is 0 Å². The van der Waals surface area contributed by atoms with Crippen molar-refractivity contribution < 1.29 is 4.39 Å². The highest BCUT2D eigenvalue weighted by Gasteiger charge is 2.27. The van der Waals surface area contributed by atoms with E-state index in [0.29, 0.717) is 0 Å². The van der Waals surface area contributed by atoms with Crippen molar-refractivity contribution in [1.29, 1.82) is 0 Å². The average molecular weight is 359 g/mol. The van der Waals surface area contributed by atoms with E-state index in [9.17, 15) is 4.39 Å². The molecule has 3 aromatic rings. The maximum atomic E-state index is 13.3. The number of pyridine rings is 1. The van der Waals surface area contributed by atoms with Gasteiger partial charge in [0.2, 0.25) is 5.95 Å².